The van der Waals surface area contributed by atoms with Crippen LogP contribution in [0.5, 0.6) is 5.75 Å². The lowest BCUT2D eigenvalue weighted by Crippen LogP contribution is -2.19. The summed E-state index contributed by atoms with van der Waals surface area (Å²) >= 11 is 6.15. The second-order valence-corrected chi connectivity index (χ2v) is 5.33. The van der Waals surface area contributed by atoms with Crippen LogP contribution < -0.4 is 10.1 Å². The molecule has 2 aromatic carbocycles. The van der Waals surface area contributed by atoms with Gasteiger partial charge in [0.1, 0.15) is 5.75 Å². The minimum atomic E-state index is 0.0588. The van der Waals surface area contributed by atoms with Crippen LogP contribution in [-0.2, 0) is 0 Å². The van der Waals surface area contributed by atoms with E-state index in [1.165, 1.54) is 16.7 Å². The van der Waals surface area contributed by atoms with Crippen LogP contribution >= 0.6 is 11.6 Å². The Kier molecular flexibility index (Phi) is 4.69. The van der Waals surface area contributed by atoms with E-state index in [0.717, 1.165) is 11.3 Å². The van der Waals surface area contributed by atoms with Crippen LogP contribution in [0.3, 0.4) is 0 Å². The lowest BCUT2D eigenvalue weighted by atomic mass is 9.92. The number of benzene rings is 2. The predicted molar refractivity (Wildman–Crippen MR) is 84.8 cm³/mol. The largest absolute Gasteiger partial charge is 0.496 e. The molecule has 0 heterocycles. The Bertz CT molecular complexity index is 610. The Morgan fingerprint density at radius 3 is 2.50 bits per heavy atom. The maximum Gasteiger partial charge on any atom is 0.124 e. The first-order chi connectivity index (χ1) is 9.58. The summed E-state index contributed by atoms with van der Waals surface area (Å²) in [5, 5.41) is 4.08. The second-order valence-electron chi connectivity index (χ2n) is 4.90. The zero-order valence-corrected chi connectivity index (χ0v) is 13.1. The number of aryl methyl sites for hydroxylation is 1. The number of ether oxygens (including phenoxy) is 1. The molecule has 0 saturated carbocycles. The molecule has 2 aromatic rings. The Labute approximate surface area is 125 Å². The molecular weight excluding hydrogens is 270 g/mol. The molecule has 0 amide bonds. The fourth-order valence-corrected chi connectivity index (χ4v) is 2.68. The lowest BCUT2D eigenvalue weighted by molar-refractivity contribution is 0.405. The van der Waals surface area contributed by atoms with Crippen molar-refractivity contribution in [2.75, 3.05) is 14.2 Å². The van der Waals surface area contributed by atoms with Gasteiger partial charge < -0.3 is 10.1 Å². The zero-order chi connectivity index (χ0) is 14.7. The van der Waals surface area contributed by atoms with Gasteiger partial charge in [0.05, 0.1) is 13.2 Å². The molecule has 2 nitrogen and oxygen atoms in total. The predicted octanol–water partition coefficient (Wildman–Crippen LogP) is 4.27. The Hall–Kier alpha value is -1.51. The van der Waals surface area contributed by atoms with Crippen molar-refractivity contribution >= 4 is 11.6 Å². The van der Waals surface area contributed by atoms with Gasteiger partial charge in [-0.3, -0.25) is 0 Å². The zero-order valence-electron chi connectivity index (χ0n) is 12.3. The average molecular weight is 290 g/mol. The van der Waals surface area contributed by atoms with Crippen LogP contribution in [0.1, 0.15) is 28.3 Å². The molecule has 0 aliphatic carbocycles. The molecule has 1 unspecified atom stereocenters. The molecule has 20 heavy (non-hydrogen) atoms. The van der Waals surface area contributed by atoms with E-state index in [0.29, 0.717) is 5.02 Å². The molecule has 0 aliphatic heterocycles. The molecule has 0 aromatic heterocycles. The Morgan fingerprint density at radius 1 is 1.10 bits per heavy atom. The number of hydrogen-bond acceptors (Lipinski definition) is 2. The summed E-state index contributed by atoms with van der Waals surface area (Å²) in [7, 11) is 3.63. The summed E-state index contributed by atoms with van der Waals surface area (Å²) in [6.45, 7) is 4.27. The van der Waals surface area contributed by atoms with Crippen molar-refractivity contribution in [3.05, 3.63) is 63.7 Å². The normalized spacial score (nSPS) is 12.2. The maximum atomic E-state index is 6.15. The summed E-state index contributed by atoms with van der Waals surface area (Å²) in [4.78, 5) is 0. The molecule has 0 radical (unpaired) electrons. The monoisotopic (exact) mass is 289 g/mol. The van der Waals surface area contributed by atoms with Crippen molar-refractivity contribution in [1.29, 1.82) is 0 Å². The van der Waals surface area contributed by atoms with E-state index in [2.05, 4.69) is 37.4 Å². The fourth-order valence-electron chi connectivity index (χ4n) is 2.50. The van der Waals surface area contributed by atoms with E-state index in [4.69, 9.17) is 16.3 Å². The summed E-state index contributed by atoms with van der Waals surface area (Å²) in [6, 6.07) is 12.1. The summed E-state index contributed by atoms with van der Waals surface area (Å²) in [6.07, 6.45) is 0. The summed E-state index contributed by atoms with van der Waals surface area (Å²) < 4.78 is 5.48. The highest BCUT2D eigenvalue weighted by Crippen LogP contribution is 2.34. The van der Waals surface area contributed by atoms with E-state index in [9.17, 15) is 0 Å². The standard InChI is InChI=1S/C17H20ClNO/c1-11-6-5-7-14(12(11)2)17(19-3)15-10-13(18)8-9-16(15)20-4/h5-10,17,19H,1-4H3. The van der Waals surface area contributed by atoms with Gasteiger partial charge >= 0.3 is 0 Å². The molecule has 106 valence electrons. The first-order valence-corrected chi connectivity index (χ1v) is 7.03. The van der Waals surface area contributed by atoms with Gasteiger partial charge in [0.2, 0.25) is 0 Å². The third-order valence-electron chi connectivity index (χ3n) is 3.75. The third-order valence-corrected chi connectivity index (χ3v) is 3.98. The lowest BCUT2D eigenvalue weighted by Gasteiger charge is -2.22. The van der Waals surface area contributed by atoms with E-state index < -0.39 is 0 Å². The second kappa shape index (κ2) is 6.29. The van der Waals surface area contributed by atoms with Gasteiger partial charge in [-0.1, -0.05) is 29.8 Å². The Balaban J connectivity index is 2.58. The van der Waals surface area contributed by atoms with Crippen LogP contribution in [-0.4, -0.2) is 14.2 Å². The fraction of sp³-hybridized carbons (Fsp3) is 0.294. The van der Waals surface area contributed by atoms with Gasteiger partial charge in [0.25, 0.3) is 0 Å². The highest BCUT2D eigenvalue weighted by atomic mass is 35.5. The van der Waals surface area contributed by atoms with Crippen LogP contribution in [0.2, 0.25) is 5.02 Å². The molecule has 0 bridgehead atoms. The summed E-state index contributed by atoms with van der Waals surface area (Å²) in [5.74, 6) is 0.842. The average Bonchev–Trinajstić information content (AvgIpc) is 2.44. The first kappa shape index (κ1) is 14.9. The van der Waals surface area contributed by atoms with Crippen molar-refractivity contribution in [2.24, 2.45) is 0 Å². The molecule has 0 aliphatic rings. The van der Waals surface area contributed by atoms with Crippen LogP contribution in [0.4, 0.5) is 0 Å². The van der Waals surface area contributed by atoms with Crippen molar-refractivity contribution < 1.29 is 4.74 Å². The minimum absolute atomic E-state index is 0.0588. The number of halogens is 1. The van der Waals surface area contributed by atoms with Gasteiger partial charge in [-0.15, -0.1) is 0 Å². The molecule has 0 saturated heterocycles. The van der Waals surface area contributed by atoms with E-state index in [1.807, 2.05) is 25.2 Å². The smallest absolute Gasteiger partial charge is 0.124 e. The number of nitrogens with one attached hydrogen (secondary N) is 1. The van der Waals surface area contributed by atoms with Crippen LogP contribution in [0, 0.1) is 13.8 Å². The summed E-state index contributed by atoms with van der Waals surface area (Å²) in [5.41, 5.74) is 4.86. The highest BCUT2D eigenvalue weighted by Gasteiger charge is 2.19. The highest BCUT2D eigenvalue weighted by molar-refractivity contribution is 6.30. The van der Waals surface area contributed by atoms with Crippen LogP contribution in [0.15, 0.2) is 36.4 Å². The third kappa shape index (κ3) is 2.82. The van der Waals surface area contributed by atoms with Crippen molar-refractivity contribution in [3.63, 3.8) is 0 Å². The molecule has 0 spiro atoms. The quantitative estimate of drug-likeness (QED) is 0.907. The van der Waals surface area contributed by atoms with E-state index in [1.54, 1.807) is 7.11 Å². The maximum absolute atomic E-state index is 6.15. The van der Waals surface area contributed by atoms with Gasteiger partial charge in [-0.05, 0) is 55.8 Å². The van der Waals surface area contributed by atoms with Crippen LogP contribution in [0.25, 0.3) is 0 Å². The topological polar surface area (TPSA) is 21.3 Å². The Morgan fingerprint density at radius 2 is 1.85 bits per heavy atom. The van der Waals surface area contributed by atoms with E-state index >= 15 is 0 Å². The number of methoxy groups -OCH3 is 1. The molecule has 1 N–H and O–H groups in total. The number of hydrogen-bond donors (Lipinski definition) is 1. The van der Waals surface area contributed by atoms with Gasteiger partial charge in [-0.2, -0.15) is 0 Å². The molecule has 0 fully saturated rings. The van der Waals surface area contributed by atoms with Gasteiger partial charge in [0, 0.05) is 10.6 Å². The first-order valence-electron chi connectivity index (χ1n) is 6.65. The number of rotatable bonds is 4. The van der Waals surface area contributed by atoms with Crippen molar-refractivity contribution in [3.8, 4) is 5.75 Å². The van der Waals surface area contributed by atoms with Crippen molar-refractivity contribution in [1.82, 2.24) is 5.32 Å². The van der Waals surface area contributed by atoms with Gasteiger partial charge in [0.15, 0.2) is 0 Å². The van der Waals surface area contributed by atoms with Crippen molar-refractivity contribution in [2.45, 2.75) is 19.9 Å². The van der Waals surface area contributed by atoms with Gasteiger partial charge in [-0.25, -0.2) is 0 Å². The molecule has 1 atom stereocenters. The van der Waals surface area contributed by atoms with E-state index in [-0.39, 0.29) is 6.04 Å². The molecule has 3 heteroatoms. The molecule has 2 rings (SSSR count). The molecular formula is C17H20ClNO. The minimum Gasteiger partial charge on any atom is -0.496 e. The SMILES string of the molecule is CNC(c1cc(Cl)ccc1OC)c1cccc(C)c1C.